The number of carbonyl (C=O) groups is 2. The van der Waals surface area contributed by atoms with E-state index in [1.165, 1.54) is 18.2 Å². The molecular weight excluding hydrogens is 526 g/mol. The zero-order chi connectivity index (χ0) is 28.7. The molecule has 6 nitrogen and oxygen atoms in total. The molecule has 2 heterocycles. The summed E-state index contributed by atoms with van der Waals surface area (Å²) < 4.78 is 58.9. The first-order valence-corrected chi connectivity index (χ1v) is 13.8. The first-order chi connectivity index (χ1) is 18.9. The summed E-state index contributed by atoms with van der Waals surface area (Å²) in [4.78, 5) is 30.7. The van der Waals surface area contributed by atoms with Crippen LogP contribution in [0.15, 0.2) is 42.5 Å². The van der Waals surface area contributed by atoms with Crippen molar-refractivity contribution in [3.8, 4) is 0 Å². The van der Waals surface area contributed by atoms with Gasteiger partial charge in [0.1, 0.15) is 5.82 Å². The number of ether oxygens (including phenoxy) is 1. The number of morpholine rings is 1. The van der Waals surface area contributed by atoms with Crippen LogP contribution in [0.4, 0.5) is 23.2 Å². The molecule has 2 aromatic carbocycles. The molecule has 1 aliphatic carbocycles. The van der Waals surface area contributed by atoms with Crippen molar-refractivity contribution < 1.29 is 31.9 Å². The fourth-order valence-corrected chi connectivity index (χ4v) is 5.85. The van der Waals surface area contributed by atoms with Crippen molar-refractivity contribution in [2.75, 3.05) is 44.3 Å². The monoisotopic (exact) mass is 561 g/mol. The summed E-state index contributed by atoms with van der Waals surface area (Å²) in [5.74, 6) is -1.57. The smallest absolute Gasteiger partial charge is 0.378 e. The molecule has 0 spiro atoms. The lowest BCUT2D eigenvalue weighted by atomic mass is 9.87. The van der Waals surface area contributed by atoms with Crippen LogP contribution in [-0.4, -0.2) is 62.1 Å². The van der Waals surface area contributed by atoms with Crippen LogP contribution in [0.1, 0.15) is 55.7 Å². The van der Waals surface area contributed by atoms with Crippen LogP contribution < -0.4 is 10.2 Å². The predicted octanol–water partition coefficient (Wildman–Crippen LogP) is 4.87. The Hall–Kier alpha value is -3.14. The van der Waals surface area contributed by atoms with Crippen LogP contribution in [0, 0.1) is 11.7 Å². The minimum Gasteiger partial charge on any atom is -0.378 e. The Kier molecular flexibility index (Phi) is 7.83. The molecule has 216 valence electrons. The van der Waals surface area contributed by atoms with Gasteiger partial charge in [0.25, 0.3) is 0 Å². The van der Waals surface area contributed by atoms with Crippen molar-refractivity contribution in [2.45, 2.75) is 56.7 Å². The van der Waals surface area contributed by atoms with Crippen molar-refractivity contribution in [1.82, 2.24) is 10.2 Å². The zero-order valence-electron chi connectivity index (χ0n) is 22.8. The molecule has 0 aromatic heterocycles. The highest BCUT2D eigenvalue weighted by Gasteiger charge is 2.41. The average molecular weight is 562 g/mol. The van der Waals surface area contributed by atoms with Gasteiger partial charge in [-0.1, -0.05) is 26.0 Å². The number of nitrogens with zero attached hydrogens (tertiary/aromatic N) is 2. The molecule has 2 aromatic rings. The van der Waals surface area contributed by atoms with Gasteiger partial charge in [0.05, 0.1) is 24.7 Å². The van der Waals surface area contributed by atoms with Gasteiger partial charge in [0.15, 0.2) is 0 Å². The fraction of sp³-hybridized carbons (Fsp3) is 0.533. The highest BCUT2D eigenvalue weighted by Crippen LogP contribution is 2.42. The van der Waals surface area contributed by atoms with E-state index in [0.717, 1.165) is 36.2 Å². The maximum atomic E-state index is 14.0. The number of benzene rings is 2. The Morgan fingerprint density at radius 1 is 1.07 bits per heavy atom. The number of nitrogens with one attached hydrogen (secondary N) is 1. The molecule has 5 rings (SSSR count). The second-order valence-electron chi connectivity index (χ2n) is 11.7. The van der Waals surface area contributed by atoms with E-state index in [1.54, 1.807) is 17.0 Å². The normalized spacial score (nSPS) is 20.1. The molecule has 3 aliphatic rings. The first kappa shape index (κ1) is 28.4. The molecule has 0 bridgehead atoms. The van der Waals surface area contributed by atoms with Crippen molar-refractivity contribution >= 4 is 17.5 Å². The predicted molar refractivity (Wildman–Crippen MR) is 142 cm³/mol. The van der Waals surface area contributed by atoms with E-state index in [2.05, 4.69) is 24.1 Å². The zero-order valence-corrected chi connectivity index (χ0v) is 22.8. The largest absolute Gasteiger partial charge is 0.416 e. The molecule has 2 fully saturated rings. The Morgan fingerprint density at radius 3 is 2.38 bits per heavy atom. The Balaban J connectivity index is 1.36. The van der Waals surface area contributed by atoms with Gasteiger partial charge in [-0.25, -0.2) is 4.39 Å². The molecule has 2 amide bonds. The summed E-state index contributed by atoms with van der Waals surface area (Å²) in [6.45, 7) is 6.96. The van der Waals surface area contributed by atoms with Gasteiger partial charge in [-0.15, -0.1) is 0 Å². The van der Waals surface area contributed by atoms with Gasteiger partial charge in [0, 0.05) is 49.7 Å². The van der Waals surface area contributed by atoms with Crippen molar-refractivity contribution in [1.29, 1.82) is 0 Å². The molecule has 1 saturated carbocycles. The summed E-state index contributed by atoms with van der Waals surface area (Å²) >= 11 is 0. The molecule has 2 atom stereocenters. The maximum Gasteiger partial charge on any atom is 0.416 e. The summed E-state index contributed by atoms with van der Waals surface area (Å²) in [7, 11) is 0. The summed E-state index contributed by atoms with van der Waals surface area (Å²) in [6.07, 6.45) is -2.74. The first-order valence-electron chi connectivity index (χ1n) is 13.8. The highest BCUT2D eigenvalue weighted by molar-refractivity contribution is 5.90. The number of rotatable bonds is 8. The number of carbonyl (C=O) groups excluding carboxylic acids is 2. The van der Waals surface area contributed by atoms with E-state index < -0.39 is 17.7 Å². The van der Waals surface area contributed by atoms with E-state index in [4.69, 9.17) is 4.74 Å². The van der Waals surface area contributed by atoms with Crippen LogP contribution in [0.2, 0.25) is 0 Å². The second kappa shape index (κ2) is 11.0. The molecule has 40 heavy (non-hydrogen) atoms. The van der Waals surface area contributed by atoms with E-state index >= 15 is 0 Å². The van der Waals surface area contributed by atoms with E-state index in [0.29, 0.717) is 45.0 Å². The number of amides is 2. The van der Waals surface area contributed by atoms with Crippen molar-refractivity contribution in [3.63, 3.8) is 0 Å². The van der Waals surface area contributed by atoms with Crippen molar-refractivity contribution in [3.05, 3.63) is 65.0 Å². The number of fused-ring (bicyclic) bond motifs is 1. The number of hydrogen-bond donors (Lipinski definition) is 1. The average Bonchev–Trinajstić information content (AvgIpc) is 3.73. The quantitative estimate of drug-likeness (QED) is 0.468. The van der Waals surface area contributed by atoms with Crippen LogP contribution in [0.25, 0.3) is 0 Å². The summed E-state index contributed by atoms with van der Waals surface area (Å²) in [5.41, 5.74) is 1.16. The second-order valence-corrected chi connectivity index (χ2v) is 11.7. The van der Waals surface area contributed by atoms with Gasteiger partial charge >= 0.3 is 6.18 Å². The lowest BCUT2D eigenvalue weighted by molar-refractivity contribution is -0.138. The van der Waals surface area contributed by atoms with Crippen LogP contribution in [0.5, 0.6) is 0 Å². The number of anilines is 1. The lowest BCUT2D eigenvalue weighted by Crippen LogP contribution is -2.48. The van der Waals surface area contributed by atoms with Gasteiger partial charge in [-0.3, -0.25) is 9.59 Å². The molecule has 0 radical (unpaired) electrons. The standard InChI is InChI=1S/C30H35F4N3O3/c1-29(2)18-37(26-10-9-22(31)15-24(26)29)17-25(20-3-4-20)35-28(39)23(16-27(38)36-11-13-40-14-12-36)19-5-7-21(8-6-19)30(32,33)34/h5-10,15,20,23,25H,3-4,11-14,16-18H2,1-2H3,(H,35,39). The minimum atomic E-state index is -4.50. The van der Waals surface area contributed by atoms with Crippen LogP contribution in [-0.2, 0) is 25.9 Å². The maximum absolute atomic E-state index is 14.0. The summed E-state index contributed by atoms with van der Waals surface area (Å²) in [5, 5.41) is 3.15. The van der Waals surface area contributed by atoms with E-state index in [-0.39, 0.29) is 41.4 Å². The Morgan fingerprint density at radius 2 is 1.75 bits per heavy atom. The Labute approximate surface area is 231 Å². The van der Waals surface area contributed by atoms with Gasteiger partial charge in [-0.05, 0) is 60.2 Å². The van der Waals surface area contributed by atoms with Crippen LogP contribution >= 0.6 is 0 Å². The molecule has 1 saturated heterocycles. The van der Waals surface area contributed by atoms with Gasteiger partial charge < -0.3 is 19.9 Å². The highest BCUT2D eigenvalue weighted by atomic mass is 19.4. The topological polar surface area (TPSA) is 61.9 Å². The van der Waals surface area contributed by atoms with E-state index in [1.807, 2.05) is 0 Å². The van der Waals surface area contributed by atoms with Gasteiger partial charge in [-0.2, -0.15) is 13.2 Å². The summed E-state index contributed by atoms with van der Waals surface area (Å²) in [6, 6.07) is 9.06. The third-order valence-corrected chi connectivity index (χ3v) is 8.25. The molecule has 2 aliphatic heterocycles. The lowest BCUT2D eigenvalue weighted by Gasteiger charge is -2.31. The van der Waals surface area contributed by atoms with Crippen molar-refractivity contribution in [2.24, 2.45) is 5.92 Å². The van der Waals surface area contributed by atoms with E-state index in [9.17, 15) is 27.2 Å². The molecule has 2 unspecified atom stereocenters. The molecule has 10 heteroatoms. The third kappa shape index (κ3) is 6.27. The Bertz CT molecular complexity index is 1240. The number of halogens is 4. The van der Waals surface area contributed by atoms with Crippen LogP contribution in [0.3, 0.4) is 0 Å². The SMILES string of the molecule is CC1(C)CN(CC(NC(=O)C(CC(=O)N2CCOCC2)c2ccc(C(F)(F)F)cc2)C2CC2)c2ccc(F)cc21. The third-order valence-electron chi connectivity index (χ3n) is 8.25. The number of hydrogen-bond acceptors (Lipinski definition) is 4. The minimum absolute atomic E-state index is 0.145. The fourth-order valence-electron chi connectivity index (χ4n) is 5.85. The number of alkyl halides is 3. The molecule has 1 N–H and O–H groups in total. The van der Waals surface area contributed by atoms with Gasteiger partial charge in [0.2, 0.25) is 11.8 Å². The molecular formula is C30H35F4N3O3.